The maximum absolute atomic E-state index is 12.4. The number of hydrogen-bond acceptors (Lipinski definition) is 6. The molecule has 1 atom stereocenters. The monoisotopic (exact) mass is 405 g/mol. The van der Waals surface area contributed by atoms with Gasteiger partial charge < -0.3 is 19.5 Å². The molecule has 0 radical (unpaired) electrons. The fourth-order valence-corrected chi connectivity index (χ4v) is 4.07. The van der Waals surface area contributed by atoms with Crippen molar-refractivity contribution in [2.24, 2.45) is 0 Å². The normalized spacial score (nSPS) is 17.5. The molecule has 0 unspecified atom stereocenters. The van der Waals surface area contributed by atoms with Gasteiger partial charge in [-0.05, 0) is 37.6 Å². The van der Waals surface area contributed by atoms with E-state index in [2.05, 4.69) is 29.6 Å². The van der Waals surface area contributed by atoms with Gasteiger partial charge in [-0.2, -0.15) is 5.10 Å². The van der Waals surface area contributed by atoms with Gasteiger partial charge in [0.05, 0.1) is 18.2 Å². The number of fused-ring (bicyclic) bond motifs is 1. The van der Waals surface area contributed by atoms with Gasteiger partial charge in [-0.25, -0.2) is 9.48 Å². The molecular weight excluding hydrogens is 374 g/mol. The van der Waals surface area contributed by atoms with Gasteiger partial charge in [-0.1, -0.05) is 19.6 Å². The Morgan fingerprint density at radius 1 is 1.36 bits per heavy atom. The number of ether oxygens (including phenoxy) is 2. The smallest absolute Gasteiger partial charge is 0.359 e. The SMILES string of the molecule is CCOC(=O)c1nn(COCC[Si](C)(C)C)c2ccc(N3CC[C@H](O)C3)cc12. The largest absolute Gasteiger partial charge is 0.461 e. The number of hydrogen-bond donors (Lipinski definition) is 1. The lowest BCUT2D eigenvalue weighted by Gasteiger charge is -2.18. The highest BCUT2D eigenvalue weighted by Crippen LogP contribution is 2.28. The van der Waals surface area contributed by atoms with Crippen molar-refractivity contribution in [3.63, 3.8) is 0 Å². The second kappa shape index (κ2) is 8.63. The Balaban J connectivity index is 1.86. The molecule has 154 valence electrons. The number of rotatable bonds is 8. The first-order valence-corrected chi connectivity index (χ1v) is 13.7. The number of aliphatic hydroxyl groups excluding tert-OH is 1. The number of β-amino-alcohol motifs (C(OH)–C–C–N with tert-alkyl or cyclic N) is 1. The van der Waals surface area contributed by atoms with Gasteiger partial charge in [-0.15, -0.1) is 0 Å². The van der Waals surface area contributed by atoms with Gasteiger partial charge in [-0.3, -0.25) is 0 Å². The van der Waals surface area contributed by atoms with Crippen molar-refractivity contribution in [2.75, 3.05) is 31.2 Å². The van der Waals surface area contributed by atoms with E-state index < -0.39 is 14.0 Å². The zero-order chi connectivity index (χ0) is 20.3. The van der Waals surface area contributed by atoms with Crippen molar-refractivity contribution in [3.8, 4) is 0 Å². The molecule has 1 aromatic heterocycles. The van der Waals surface area contributed by atoms with Crippen molar-refractivity contribution in [2.45, 2.75) is 51.9 Å². The number of aliphatic hydroxyl groups is 1. The maximum Gasteiger partial charge on any atom is 0.359 e. The minimum atomic E-state index is -1.16. The van der Waals surface area contributed by atoms with Gasteiger partial charge >= 0.3 is 5.97 Å². The van der Waals surface area contributed by atoms with Crippen LogP contribution in [0.3, 0.4) is 0 Å². The molecule has 2 aromatic rings. The first-order valence-electron chi connectivity index (χ1n) is 9.97. The molecule has 1 N–H and O–H groups in total. The Labute approximate surface area is 167 Å². The summed E-state index contributed by atoms with van der Waals surface area (Å²) in [5.41, 5.74) is 2.14. The molecule has 0 bridgehead atoms. The van der Waals surface area contributed by atoms with Crippen LogP contribution in [0.2, 0.25) is 25.7 Å². The molecule has 8 heteroatoms. The highest BCUT2D eigenvalue weighted by Gasteiger charge is 2.23. The highest BCUT2D eigenvalue weighted by atomic mass is 28.3. The predicted molar refractivity (Wildman–Crippen MR) is 113 cm³/mol. The molecule has 7 nitrogen and oxygen atoms in total. The average molecular weight is 406 g/mol. The molecule has 1 fully saturated rings. The number of carbonyl (C=O) groups is 1. The summed E-state index contributed by atoms with van der Waals surface area (Å²) in [7, 11) is -1.16. The van der Waals surface area contributed by atoms with Crippen LogP contribution in [0.15, 0.2) is 18.2 Å². The second-order valence-corrected chi connectivity index (χ2v) is 14.1. The summed E-state index contributed by atoms with van der Waals surface area (Å²) in [6.07, 6.45) is 0.454. The fraction of sp³-hybridized carbons (Fsp3) is 0.600. The van der Waals surface area contributed by atoms with Crippen LogP contribution in [0.1, 0.15) is 23.8 Å². The summed E-state index contributed by atoms with van der Waals surface area (Å²) in [4.78, 5) is 14.6. The summed E-state index contributed by atoms with van der Waals surface area (Å²) < 4.78 is 12.8. The predicted octanol–water partition coefficient (Wildman–Crippen LogP) is 3.10. The summed E-state index contributed by atoms with van der Waals surface area (Å²) in [5.74, 6) is -0.424. The molecule has 0 aliphatic carbocycles. The Bertz CT molecular complexity index is 831. The van der Waals surface area contributed by atoms with Crippen molar-refractivity contribution in [1.82, 2.24) is 9.78 Å². The number of aromatic nitrogens is 2. The summed E-state index contributed by atoms with van der Waals surface area (Å²) in [6, 6.07) is 7.02. The zero-order valence-electron chi connectivity index (χ0n) is 17.3. The summed E-state index contributed by atoms with van der Waals surface area (Å²) in [5, 5.41) is 15.1. The van der Waals surface area contributed by atoms with E-state index in [1.807, 2.05) is 18.2 Å². The van der Waals surface area contributed by atoms with Crippen LogP contribution in [-0.4, -0.2) is 61.3 Å². The minimum absolute atomic E-state index is 0.303. The van der Waals surface area contributed by atoms with E-state index in [-0.39, 0.29) is 6.10 Å². The first kappa shape index (κ1) is 20.8. The quantitative estimate of drug-likeness (QED) is 0.413. The molecule has 0 saturated carbocycles. The number of benzene rings is 1. The van der Waals surface area contributed by atoms with E-state index in [9.17, 15) is 9.90 Å². The van der Waals surface area contributed by atoms with Crippen molar-refractivity contribution >= 4 is 30.6 Å². The lowest BCUT2D eigenvalue weighted by atomic mass is 10.1. The third-order valence-electron chi connectivity index (χ3n) is 4.94. The van der Waals surface area contributed by atoms with Gasteiger partial charge in [0.15, 0.2) is 5.69 Å². The van der Waals surface area contributed by atoms with Gasteiger partial charge in [0.1, 0.15) is 6.73 Å². The van der Waals surface area contributed by atoms with Gasteiger partial charge in [0, 0.05) is 38.8 Å². The van der Waals surface area contributed by atoms with Crippen LogP contribution in [0.25, 0.3) is 10.9 Å². The van der Waals surface area contributed by atoms with E-state index in [0.717, 1.165) is 35.6 Å². The Morgan fingerprint density at radius 2 is 2.14 bits per heavy atom. The average Bonchev–Trinajstić information content (AvgIpc) is 3.21. The van der Waals surface area contributed by atoms with Gasteiger partial charge in [0.2, 0.25) is 0 Å². The summed E-state index contributed by atoms with van der Waals surface area (Å²) in [6.45, 7) is 11.4. The van der Waals surface area contributed by atoms with Crippen LogP contribution < -0.4 is 4.90 Å². The standard InChI is InChI=1S/C20H31N3O4Si/c1-5-27-20(25)19-17-12-15(22-9-8-16(24)13-22)6-7-18(17)23(21-19)14-26-10-11-28(2,3)4/h6-7,12,16,24H,5,8-11,13-14H2,1-4H3/t16-/m0/s1. The van der Waals surface area contributed by atoms with E-state index in [1.54, 1.807) is 11.6 Å². The van der Waals surface area contributed by atoms with E-state index in [0.29, 0.717) is 32.2 Å². The fourth-order valence-electron chi connectivity index (χ4n) is 3.32. The Morgan fingerprint density at radius 3 is 2.79 bits per heavy atom. The molecule has 0 amide bonds. The van der Waals surface area contributed by atoms with Crippen LogP contribution >= 0.6 is 0 Å². The Hall–Kier alpha value is -1.90. The molecule has 28 heavy (non-hydrogen) atoms. The van der Waals surface area contributed by atoms with E-state index in [4.69, 9.17) is 9.47 Å². The number of anilines is 1. The molecule has 1 saturated heterocycles. The highest BCUT2D eigenvalue weighted by molar-refractivity contribution is 6.76. The molecule has 3 rings (SSSR count). The molecule has 2 heterocycles. The summed E-state index contributed by atoms with van der Waals surface area (Å²) >= 11 is 0. The lowest BCUT2D eigenvalue weighted by molar-refractivity contribution is 0.0513. The minimum Gasteiger partial charge on any atom is -0.461 e. The van der Waals surface area contributed by atoms with Gasteiger partial charge in [0.25, 0.3) is 0 Å². The third-order valence-corrected chi connectivity index (χ3v) is 6.65. The van der Waals surface area contributed by atoms with Crippen molar-refractivity contribution < 1.29 is 19.4 Å². The van der Waals surface area contributed by atoms with Crippen LogP contribution in [0.4, 0.5) is 5.69 Å². The topological polar surface area (TPSA) is 76.8 Å². The van der Waals surface area contributed by atoms with Crippen LogP contribution in [0.5, 0.6) is 0 Å². The number of esters is 1. The molecule has 1 aromatic carbocycles. The number of nitrogens with zero attached hydrogens (tertiary/aromatic N) is 3. The first-order chi connectivity index (χ1) is 13.3. The van der Waals surface area contributed by atoms with E-state index in [1.165, 1.54) is 0 Å². The van der Waals surface area contributed by atoms with Crippen LogP contribution in [0, 0.1) is 0 Å². The zero-order valence-corrected chi connectivity index (χ0v) is 18.3. The molecule has 1 aliphatic rings. The van der Waals surface area contributed by atoms with Crippen molar-refractivity contribution in [1.29, 1.82) is 0 Å². The number of carbonyl (C=O) groups excluding carboxylic acids is 1. The molecular formula is C20H31N3O4Si. The maximum atomic E-state index is 12.4. The lowest BCUT2D eigenvalue weighted by Crippen LogP contribution is -2.22. The molecule has 1 aliphatic heterocycles. The molecule has 0 spiro atoms. The van der Waals surface area contributed by atoms with Crippen molar-refractivity contribution in [3.05, 3.63) is 23.9 Å². The Kier molecular flexibility index (Phi) is 6.42. The second-order valence-electron chi connectivity index (χ2n) is 8.51. The third kappa shape index (κ3) is 4.92. The van der Waals surface area contributed by atoms with Crippen LogP contribution in [-0.2, 0) is 16.2 Å². The van der Waals surface area contributed by atoms with E-state index >= 15 is 0 Å².